The minimum Gasteiger partial charge on any atom is -0.462 e. The van der Waals surface area contributed by atoms with Crippen LogP contribution in [0.15, 0.2) is 59.8 Å². The number of nitrogens with one attached hydrogen (secondary N) is 3. The second-order valence-corrected chi connectivity index (χ2v) is 9.80. The van der Waals surface area contributed by atoms with Gasteiger partial charge in [0.25, 0.3) is 0 Å². The standard InChI is InChI=1S/C27H34N4O3S/c1-16(2)15-34-25(32)23-18(5)31(6)27(35)30-24(23)20-8-7-9-22(14-20)29-26(33)28-21-12-10-19(11-13-21)17(3)4/h7-14,16-17,24H,15H2,1-6H3,(H,30,35)(H2,28,29,33)/t24-/m1/s1. The Morgan fingerprint density at radius 3 is 2.34 bits per heavy atom. The molecular weight excluding hydrogens is 460 g/mol. The van der Waals surface area contributed by atoms with Gasteiger partial charge in [-0.1, -0.05) is 52.0 Å². The number of esters is 1. The van der Waals surface area contributed by atoms with E-state index in [4.69, 9.17) is 17.0 Å². The van der Waals surface area contributed by atoms with Crippen LogP contribution in [0.2, 0.25) is 0 Å². The molecule has 0 radical (unpaired) electrons. The molecule has 3 rings (SSSR count). The average Bonchev–Trinajstić information content (AvgIpc) is 2.81. The van der Waals surface area contributed by atoms with Gasteiger partial charge in [-0.3, -0.25) is 0 Å². The van der Waals surface area contributed by atoms with E-state index in [0.29, 0.717) is 34.6 Å². The monoisotopic (exact) mass is 494 g/mol. The summed E-state index contributed by atoms with van der Waals surface area (Å²) < 4.78 is 5.55. The number of anilines is 2. The van der Waals surface area contributed by atoms with Crippen molar-refractivity contribution in [3.63, 3.8) is 0 Å². The van der Waals surface area contributed by atoms with Crippen molar-refractivity contribution in [2.75, 3.05) is 24.3 Å². The first-order valence-electron chi connectivity index (χ1n) is 11.8. The predicted octanol–water partition coefficient (Wildman–Crippen LogP) is 5.79. The summed E-state index contributed by atoms with van der Waals surface area (Å²) in [6, 6.07) is 14.3. The molecule has 0 unspecified atom stereocenters. The summed E-state index contributed by atoms with van der Waals surface area (Å²) in [6.45, 7) is 10.4. The largest absolute Gasteiger partial charge is 0.462 e. The molecule has 0 fully saturated rings. The number of thiocarbonyl (C=S) groups is 1. The van der Waals surface area contributed by atoms with E-state index in [9.17, 15) is 9.59 Å². The molecule has 1 aliphatic rings. The number of benzene rings is 2. The topological polar surface area (TPSA) is 82.7 Å². The highest BCUT2D eigenvalue weighted by molar-refractivity contribution is 7.80. The molecule has 0 aliphatic carbocycles. The Morgan fingerprint density at radius 1 is 1.06 bits per heavy atom. The molecule has 2 aromatic carbocycles. The van der Waals surface area contributed by atoms with Crippen LogP contribution >= 0.6 is 12.2 Å². The van der Waals surface area contributed by atoms with E-state index in [2.05, 4.69) is 29.8 Å². The Bertz CT molecular complexity index is 1130. The van der Waals surface area contributed by atoms with Gasteiger partial charge < -0.3 is 25.6 Å². The van der Waals surface area contributed by atoms with Crippen LogP contribution in [0.4, 0.5) is 16.2 Å². The number of amides is 2. The Kier molecular flexibility index (Phi) is 8.51. The van der Waals surface area contributed by atoms with E-state index >= 15 is 0 Å². The molecular formula is C27H34N4O3S. The van der Waals surface area contributed by atoms with E-state index in [-0.39, 0.29) is 17.9 Å². The van der Waals surface area contributed by atoms with Gasteiger partial charge >= 0.3 is 12.0 Å². The van der Waals surface area contributed by atoms with Gasteiger partial charge in [0.2, 0.25) is 0 Å². The molecule has 8 heteroatoms. The fourth-order valence-corrected chi connectivity index (χ4v) is 3.97. The second kappa shape index (κ2) is 11.4. The smallest absolute Gasteiger partial charge is 0.338 e. The molecule has 186 valence electrons. The molecule has 1 aliphatic heterocycles. The molecule has 2 amide bonds. The maximum Gasteiger partial charge on any atom is 0.338 e. The third-order valence-corrected chi connectivity index (χ3v) is 6.23. The Balaban J connectivity index is 1.79. The second-order valence-electron chi connectivity index (χ2n) is 9.41. The number of ether oxygens (including phenoxy) is 1. The quantitative estimate of drug-likeness (QED) is 0.334. The van der Waals surface area contributed by atoms with Crippen LogP contribution < -0.4 is 16.0 Å². The fourth-order valence-electron chi connectivity index (χ4n) is 3.71. The zero-order valence-electron chi connectivity index (χ0n) is 21.1. The summed E-state index contributed by atoms with van der Waals surface area (Å²) in [6.07, 6.45) is 0. The first kappa shape index (κ1) is 26.2. The maximum absolute atomic E-state index is 13.0. The molecule has 1 heterocycles. The van der Waals surface area contributed by atoms with E-state index in [0.717, 1.165) is 11.3 Å². The van der Waals surface area contributed by atoms with Gasteiger partial charge in [0.15, 0.2) is 5.11 Å². The van der Waals surface area contributed by atoms with Gasteiger partial charge in [-0.05, 0) is 66.4 Å². The molecule has 35 heavy (non-hydrogen) atoms. The van der Waals surface area contributed by atoms with Crippen molar-refractivity contribution in [2.24, 2.45) is 5.92 Å². The zero-order chi connectivity index (χ0) is 25.7. The Labute approximate surface area is 212 Å². The van der Waals surface area contributed by atoms with Crippen LogP contribution in [0.25, 0.3) is 0 Å². The summed E-state index contributed by atoms with van der Waals surface area (Å²) in [7, 11) is 1.81. The van der Waals surface area contributed by atoms with Crippen molar-refractivity contribution < 1.29 is 14.3 Å². The summed E-state index contributed by atoms with van der Waals surface area (Å²) >= 11 is 5.48. The lowest BCUT2D eigenvalue weighted by Crippen LogP contribution is -2.46. The Hall–Kier alpha value is -3.39. The van der Waals surface area contributed by atoms with Crippen LogP contribution in [0.3, 0.4) is 0 Å². The van der Waals surface area contributed by atoms with Gasteiger partial charge in [0.05, 0.1) is 18.2 Å². The highest BCUT2D eigenvalue weighted by Gasteiger charge is 2.33. The number of hydrogen-bond acceptors (Lipinski definition) is 4. The average molecular weight is 495 g/mol. The first-order valence-corrected chi connectivity index (χ1v) is 12.2. The molecule has 2 aromatic rings. The number of hydrogen-bond donors (Lipinski definition) is 3. The normalized spacial score (nSPS) is 15.8. The molecule has 1 atom stereocenters. The maximum atomic E-state index is 13.0. The van der Waals surface area contributed by atoms with Gasteiger partial charge in [0.1, 0.15) is 0 Å². The number of carbonyl (C=O) groups excluding carboxylic acids is 2. The highest BCUT2D eigenvalue weighted by atomic mass is 32.1. The molecule has 3 N–H and O–H groups in total. The van der Waals surface area contributed by atoms with Crippen molar-refractivity contribution in [3.05, 3.63) is 70.9 Å². The van der Waals surface area contributed by atoms with Crippen LogP contribution in [0.1, 0.15) is 57.7 Å². The van der Waals surface area contributed by atoms with Gasteiger partial charge in [-0.2, -0.15) is 0 Å². The number of nitrogens with zero attached hydrogens (tertiary/aromatic N) is 1. The van der Waals surface area contributed by atoms with Gasteiger partial charge in [0, 0.05) is 24.1 Å². The SMILES string of the molecule is CC1=C(C(=O)OCC(C)C)[C@@H](c2cccc(NC(=O)Nc3ccc(C(C)C)cc3)c2)NC(=S)N1C. The lowest BCUT2D eigenvalue weighted by Gasteiger charge is -2.35. The molecule has 0 spiro atoms. The summed E-state index contributed by atoms with van der Waals surface area (Å²) in [5, 5.41) is 9.47. The number of carbonyl (C=O) groups is 2. The lowest BCUT2D eigenvalue weighted by atomic mass is 9.95. The van der Waals surface area contributed by atoms with Gasteiger partial charge in [-0.25, -0.2) is 9.59 Å². The number of urea groups is 1. The first-order chi connectivity index (χ1) is 16.6. The minimum absolute atomic E-state index is 0.223. The predicted molar refractivity (Wildman–Crippen MR) is 144 cm³/mol. The van der Waals surface area contributed by atoms with Crippen molar-refractivity contribution >= 4 is 40.7 Å². The molecule has 0 aromatic heterocycles. The highest BCUT2D eigenvalue weighted by Crippen LogP contribution is 2.32. The third kappa shape index (κ3) is 6.60. The van der Waals surface area contributed by atoms with Crippen molar-refractivity contribution in [2.45, 2.75) is 46.6 Å². The Morgan fingerprint density at radius 2 is 1.71 bits per heavy atom. The van der Waals surface area contributed by atoms with Crippen LogP contribution in [0.5, 0.6) is 0 Å². The summed E-state index contributed by atoms with van der Waals surface area (Å²) in [4.78, 5) is 27.4. The minimum atomic E-state index is -0.494. The van der Waals surface area contributed by atoms with Crippen LogP contribution in [-0.2, 0) is 9.53 Å². The van der Waals surface area contributed by atoms with Crippen LogP contribution in [-0.4, -0.2) is 35.7 Å². The number of rotatable bonds is 7. The lowest BCUT2D eigenvalue weighted by molar-refractivity contribution is -0.140. The van der Waals surface area contributed by atoms with Crippen LogP contribution in [0, 0.1) is 5.92 Å². The third-order valence-electron chi connectivity index (χ3n) is 5.83. The summed E-state index contributed by atoms with van der Waals surface area (Å²) in [5.41, 5.74) is 4.52. The van der Waals surface area contributed by atoms with Crippen molar-refractivity contribution in [3.8, 4) is 0 Å². The van der Waals surface area contributed by atoms with E-state index in [1.165, 1.54) is 5.56 Å². The number of allylic oxidation sites excluding steroid dienone is 1. The molecule has 0 saturated heterocycles. The van der Waals surface area contributed by atoms with Gasteiger partial charge in [-0.15, -0.1) is 0 Å². The zero-order valence-corrected chi connectivity index (χ0v) is 22.0. The van der Waals surface area contributed by atoms with E-state index in [1.807, 2.05) is 70.3 Å². The molecule has 0 bridgehead atoms. The molecule has 0 saturated carbocycles. The van der Waals surface area contributed by atoms with Crippen molar-refractivity contribution in [1.82, 2.24) is 10.2 Å². The summed E-state index contributed by atoms with van der Waals surface area (Å²) in [5.74, 6) is 0.261. The fraction of sp³-hybridized carbons (Fsp3) is 0.370. The molecule has 7 nitrogen and oxygen atoms in total. The van der Waals surface area contributed by atoms with Crippen molar-refractivity contribution in [1.29, 1.82) is 0 Å². The van der Waals surface area contributed by atoms with E-state index < -0.39 is 6.04 Å². The van der Waals surface area contributed by atoms with E-state index in [1.54, 1.807) is 11.0 Å².